The number of rotatable bonds is 4. The fraction of sp³-hybridized carbons (Fsp3) is 0.417. The molecule has 0 amide bonds. The number of imidazole rings is 1. The molecule has 0 aliphatic carbocycles. The number of aryl methyl sites for hydroxylation is 2. The Balaban J connectivity index is 2.03. The molecular weight excluding hydrogens is 204 g/mol. The van der Waals surface area contributed by atoms with Crippen LogP contribution in [-0.2, 0) is 19.1 Å². The second-order valence-electron chi connectivity index (χ2n) is 4.24. The van der Waals surface area contributed by atoms with Gasteiger partial charge in [0.1, 0.15) is 5.82 Å². The van der Waals surface area contributed by atoms with Crippen LogP contribution in [0.1, 0.15) is 24.7 Å². The van der Waals surface area contributed by atoms with Gasteiger partial charge in [-0.1, -0.05) is 0 Å². The van der Waals surface area contributed by atoms with Crippen LogP contribution in [0, 0.1) is 0 Å². The highest BCUT2D eigenvalue weighted by atomic mass is 16.3. The van der Waals surface area contributed by atoms with Gasteiger partial charge in [0.05, 0.1) is 18.1 Å². The lowest BCUT2D eigenvalue weighted by Gasteiger charge is -2.21. The molecule has 2 heterocycles. The summed E-state index contributed by atoms with van der Waals surface area (Å²) in [6.45, 7) is 1.79. The summed E-state index contributed by atoms with van der Waals surface area (Å²) in [5.74, 6) is 0.976. The van der Waals surface area contributed by atoms with Gasteiger partial charge in [-0.15, -0.1) is 0 Å². The van der Waals surface area contributed by atoms with E-state index >= 15 is 0 Å². The Kier molecular flexibility index (Phi) is 2.83. The van der Waals surface area contributed by atoms with Crippen LogP contribution in [0.15, 0.2) is 35.4 Å². The van der Waals surface area contributed by atoms with Crippen LogP contribution in [0.5, 0.6) is 0 Å². The smallest absolute Gasteiger partial charge is 0.108 e. The SMILES string of the molecule is Cn1ccnc1CCC(C)(O)c1ccoc1. The van der Waals surface area contributed by atoms with Crippen molar-refractivity contribution in [3.63, 3.8) is 0 Å². The Hall–Kier alpha value is -1.55. The zero-order valence-electron chi connectivity index (χ0n) is 9.55. The maximum absolute atomic E-state index is 10.3. The van der Waals surface area contributed by atoms with Crippen LogP contribution in [-0.4, -0.2) is 14.7 Å². The summed E-state index contributed by atoms with van der Waals surface area (Å²) in [7, 11) is 1.95. The molecule has 2 rings (SSSR count). The normalized spacial score (nSPS) is 14.9. The van der Waals surface area contributed by atoms with Gasteiger partial charge in [-0.25, -0.2) is 4.98 Å². The maximum atomic E-state index is 10.3. The highest BCUT2D eigenvalue weighted by Gasteiger charge is 2.24. The molecule has 16 heavy (non-hydrogen) atoms. The standard InChI is InChI=1S/C12H16N2O2/c1-12(15,10-4-8-16-9-10)5-3-11-13-6-7-14(11)2/h4,6-9,15H,3,5H2,1-2H3. The molecule has 1 unspecified atom stereocenters. The van der Waals surface area contributed by atoms with Crippen LogP contribution in [0.3, 0.4) is 0 Å². The molecule has 0 saturated carbocycles. The summed E-state index contributed by atoms with van der Waals surface area (Å²) in [6.07, 6.45) is 8.19. The Morgan fingerprint density at radius 2 is 2.38 bits per heavy atom. The molecule has 0 radical (unpaired) electrons. The summed E-state index contributed by atoms with van der Waals surface area (Å²) in [6, 6.07) is 1.79. The Labute approximate surface area is 94.5 Å². The van der Waals surface area contributed by atoms with E-state index in [9.17, 15) is 5.11 Å². The van der Waals surface area contributed by atoms with Crippen LogP contribution in [0.4, 0.5) is 0 Å². The van der Waals surface area contributed by atoms with Crippen LogP contribution >= 0.6 is 0 Å². The van der Waals surface area contributed by atoms with Crippen molar-refractivity contribution in [2.45, 2.75) is 25.4 Å². The molecule has 2 aromatic heterocycles. The van der Waals surface area contributed by atoms with Gasteiger partial charge in [0, 0.05) is 31.4 Å². The van der Waals surface area contributed by atoms with Crippen molar-refractivity contribution < 1.29 is 9.52 Å². The highest BCUT2D eigenvalue weighted by Crippen LogP contribution is 2.26. The lowest BCUT2D eigenvalue weighted by Crippen LogP contribution is -2.21. The van der Waals surface area contributed by atoms with Crippen molar-refractivity contribution in [2.75, 3.05) is 0 Å². The minimum atomic E-state index is -0.862. The van der Waals surface area contributed by atoms with E-state index in [0.29, 0.717) is 6.42 Å². The van der Waals surface area contributed by atoms with Crippen molar-refractivity contribution in [2.24, 2.45) is 7.05 Å². The average molecular weight is 220 g/mol. The van der Waals surface area contributed by atoms with E-state index in [0.717, 1.165) is 17.8 Å². The lowest BCUT2D eigenvalue weighted by molar-refractivity contribution is 0.0467. The zero-order valence-corrected chi connectivity index (χ0v) is 9.55. The summed E-state index contributed by atoms with van der Waals surface area (Å²) >= 11 is 0. The summed E-state index contributed by atoms with van der Waals surface area (Å²) in [4.78, 5) is 4.23. The molecule has 0 aromatic carbocycles. The first-order chi connectivity index (χ1) is 7.59. The summed E-state index contributed by atoms with van der Waals surface area (Å²) < 4.78 is 6.94. The molecule has 4 heteroatoms. The van der Waals surface area contributed by atoms with Crippen LogP contribution < -0.4 is 0 Å². The molecule has 0 aliphatic heterocycles. The second-order valence-corrected chi connectivity index (χ2v) is 4.24. The third-order valence-electron chi connectivity index (χ3n) is 2.90. The molecule has 0 spiro atoms. The van der Waals surface area contributed by atoms with Gasteiger partial charge in [0.2, 0.25) is 0 Å². The number of aliphatic hydroxyl groups is 1. The lowest BCUT2D eigenvalue weighted by atomic mass is 9.93. The number of hydrogen-bond acceptors (Lipinski definition) is 3. The molecule has 1 N–H and O–H groups in total. The van der Waals surface area contributed by atoms with E-state index in [4.69, 9.17) is 4.42 Å². The third-order valence-corrected chi connectivity index (χ3v) is 2.90. The molecule has 0 saturated heterocycles. The molecule has 0 bridgehead atoms. The van der Waals surface area contributed by atoms with Crippen molar-refractivity contribution >= 4 is 0 Å². The molecule has 1 atom stereocenters. The van der Waals surface area contributed by atoms with E-state index in [2.05, 4.69) is 4.98 Å². The fourth-order valence-electron chi connectivity index (χ4n) is 1.71. The Morgan fingerprint density at radius 3 is 2.94 bits per heavy atom. The highest BCUT2D eigenvalue weighted by molar-refractivity contribution is 5.15. The van der Waals surface area contributed by atoms with E-state index in [1.165, 1.54) is 0 Å². The first-order valence-corrected chi connectivity index (χ1v) is 5.31. The second kappa shape index (κ2) is 4.14. The first kappa shape index (κ1) is 11.0. The quantitative estimate of drug-likeness (QED) is 0.855. The van der Waals surface area contributed by atoms with Crippen molar-refractivity contribution in [1.82, 2.24) is 9.55 Å². The van der Waals surface area contributed by atoms with Crippen molar-refractivity contribution in [3.05, 3.63) is 42.4 Å². The number of hydrogen-bond donors (Lipinski definition) is 1. The Bertz CT molecular complexity index is 443. The monoisotopic (exact) mass is 220 g/mol. The van der Waals surface area contributed by atoms with E-state index < -0.39 is 5.60 Å². The predicted octanol–water partition coefficient (Wildman–Crippen LogP) is 1.85. The van der Waals surface area contributed by atoms with E-state index in [1.807, 2.05) is 17.8 Å². The van der Waals surface area contributed by atoms with Crippen LogP contribution in [0.2, 0.25) is 0 Å². The summed E-state index contributed by atoms with van der Waals surface area (Å²) in [5.41, 5.74) is -0.0550. The van der Waals surface area contributed by atoms with Crippen molar-refractivity contribution in [1.29, 1.82) is 0 Å². The number of aromatic nitrogens is 2. The largest absolute Gasteiger partial charge is 0.472 e. The van der Waals surface area contributed by atoms with Crippen LogP contribution in [0.25, 0.3) is 0 Å². The molecular formula is C12H16N2O2. The summed E-state index contributed by atoms with van der Waals surface area (Å²) in [5, 5.41) is 10.3. The minimum absolute atomic E-state index is 0.622. The average Bonchev–Trinajstić information content (AvgIpc) is 2.85. The molecule has 2 aromatic rings. The molecule has 0 fully saturated rings. The maximum Gasteiger partial charge on any atom is 0.108 e. The van der Waals surface area contributed by atoms with Gasteiger partial charge in [-0.2, -0.15) is 0 Å². The minimum Gasteiger partial charge on any atom is -0.472 e. The van der Waals surface area contributed by atoms with E-state index in [-0.39, 0.29) is 0 Å². The van der Waals surface area contributed by atoms with Gasteiger partial charge >= 0.3 is 0 Å². The zero-order chi connectivity index (χ0) is 11.6. The fourth-order valence-corrected chi connectivity index (χ4v) is 1.71. The topological polar surface area (TPSA) is 51.2 Å². The third kappa shape index (κ3) is 2.17. The number of furan rings is 1. The van der Waals surface area contributed by atoms with Gasteiger partial charge in [-0.05, 0) is 19.4 Å². The van der Waals surface area contributed by atoms with E-state index in [1.54, 1.807) is 31.7 Å². The van der Waals surface area contributed by atoms with Gasteiger partial charge in [0.15, 0.2) is 0 Å². The molecule has 4 nitrogen and oxygen atoms in total. The Morgan fingerprint density at radius 1 is 1.56 bits per heavy atom. The first-order valence-electron chi connectivity index (χ1n) is 5.31. The molecule has 0 aliphatic rings. The van der Waals surface area contributed by atoms with Crippen molar-refractivity contribution in [3.8, 4) is 0 Å². The van der Waals surface area contributed by atoms with Gasteiger partial charge in [0.25, 0.3) is 0 Å². The van der Waals surface area contributed by atoms with Gasteiger partial charge in [-0.3, -0.25) is 0 Å². The molecule has 86 valence electrons. The number of nitrogens with zero attached hydrogens (tertiary/aromatic N) is 2. The predicted molar refractivity (Wildman–Crippen MR) is 59.8 cm³/mol. The van der Waals surface area contributed by atoms with Gasteiger partial charge < -0.3 is 14.1 Å².